The van der Waals surface area contributed by atoms with E-state index in [0.717, 1.165) is 12.1 Å². The van der Waals surface area contributed by atoms with Gasteiger partial charge in [-0.2, -0.15) is 0 Å². The highest BCUT2D eigenvalue weighted by Gasteiger charge is 2.21. The molecule has 1 aromatic carbocycles. The van der Waals surface area contributed by atoms with Gasteiger partial charge in [0.25, 0.3) is 0 Å². The van der Waals surface area contributed by atoms with Gasteiger partial charge in [-0.25, -0.2) is 0 Å². The lowest BCUT2D eigenvalue weighted by molar-refractivity contribution is -0.119. The quantitative estimate of drug-likeness (QED) is 0.823. The average Bonchev–Trinajstić information content (AvgIpc) is 2.29. The summed E-state index contributed by atoms with van der Waals surface area (Å²) in [5, 5.41) is 0. The fourth-order valence-corrected chi connectivity index (χ4v) is 2.74. The molecule has 0 aliphatic rings. The molecule has 1 amide bonds. The first-order valence-corrected chi connectivity index (χ1v) is 7.39. The fourth-order valence-electron chi connectivity index (χ4n) is 2.74. The van der Waals surface area contributed by atoms with Crippen LogP contribution in [0.2, 0.25) is 0 Å². The highest BCUT2D eigenvalue weighted by molar-refractivity contribution is 5.96. The van der Waals surface area contributed by atoms with E-state index in [-0.39, 0.29) is 11.3 Å². The third-order valence-corrected chi connectivity index (χ3v) is 3.33. The number of benzene rings is 1. The Balaban J connectivity index is 2.76. The minimum absolute atomic E-state index is 0.155. The van der Waals surface area contributed by atoms with E-state index in [4.69, 9.17) is 5.73 Å². The van der Waals surface area contributed by atoms with Gasteiger partial charge in [0.2, 0.25) is 5.91 Å². The summed E-state index contributed by atoms with van der Waals surface area (Å²) < 4.78 is 0. The molecule has 1 unspecified atom stereocenters. The molecule has 112 valence electrons. The summed E-state index contributed by atoms with van der Waals surface area (Å²) in [6.07, 6.45) is 1.61. The van der Waals surface area contributed by atoms with Crippen LogP contribution in [0.1, 0.15) is 47.5 Å². The summed E-state index contributed by atoms with van der Waals surface area (Å²) >= 11 is 0. The number of rotatable bonds is 5. The van der Waals surface area contributed by atoms with Crippen molar-refractivity contribution in [2.24, 2.45) is 11.3 Å². The van der Waals surface area contributed by atoms with Crippen molar-refractivity contribution in [3.05, 3.63) is 24.3 Å². The Bertz CT molecular complexity index is 449. The lowest BCUT2D eigenvalue weighted by atomic mass is 9.84. The van der Waals surface area contributed by atoms with Gasteiger partial charge in [-0.05, 0) is 36.8 Å². The third-order valence-electron chi connectivity index (χ3n) is 3.33. The molecule has 0 saturated carbocycles. The maximum Gasteiger partial charge on any atom is 0.227 e. The number of nitrogens with two attached hydrogens (primary N) is 1. The molecule has 3 heteroatoms. The van der Waals surface area contributed by atoms with Crippen LogP contribution in [0, 0.1) is 11.3 Å². The average molecular weight is 276 g/mol. The molecule has 0 heterocycles. The molecule has 0 aliphatic heterocycles. The molecule has 0 fully saturated rings. The summed E-state index contributed by atoms with van der Waals surface area (Å²) in [7, 11) is 0. The van der Waals surface area contributed by atoms with Crippen LogP contribution in [0.4, 0.5) is 11.4 Å². The van der Waals surface area contributed by atoms with Crippen LogP contribution in [0.15, 0.2) is 24.3 Å². The van der Waals surface area contributed by atoms with E-state index in [2.05, 4.69) is 27.7 Å². The predicted octanol–water partition coefficient (Wildman–Crippen LogP) is 4.08. The van der Waals surface area contributed by atoms with E-state index in [9.17, 15) is 4.79 Å². The zero-order valence-electron chi connectivity index (χ0n) is 13.4. The van der Waals surface area contributed by atoms with Crippen molar-refractivity contribution >= 4 is 17.3 Å². The van der Waals surface area contributed by atoms with Crippen molar-refractivity contribution in [1.29, 1.82) is 0 Å². The smallest absolute Gasteiger partial charge is 0.227 e. The van der Waals surface area contributed by atoms with Gasteiger partial charge < -0.3 is 10.6 Å². The summed E-state index contributed by atoms with van der Waals surface area (Å²) in [6, 6.07) is 7.55. The van der Waals surface area contributed by atoms with E-state index in [1.54, 1.807) is 4.90 Å². The zero-order chi connectivity index (χ0) is 15.3. The van der Waals surface area contributed by atoms with Crippen LogP contribution in [0.3, 0.4) is 0 Å². The van der Waals surface area contributed by atoms with E-state index < -0.39 is 0 Å². The van der Waals surface area contributed by atoms with Crippen molar-refractivity contribution in [3.8, 4) is 0 Å². The molecule has 2 N–H and O–H groups in total. The Labute approximate surface area is 123 Å². The van der Waals surface area contributed by atoms with Crippen LogP contribution in [-0.2, 0) is 4.79 Å². The first-order valence-electron chi connectivity index (χ1n) is 7.39. The van der Waals surface area contributed by atoms with Crippen LogP contribution >= 0.6 is 0 Å². The van der Waals surface area contributed by atoms with Crippen molar-refractivity contribution in [1.82, 2.24) is 0 Å². The van der Waals surface area contributed by atoms with Crippen LogP contribution < -0.4 is 10.6 Å². The maximum absolute atomic E-state index is 12.5. The number of carbonyl (C=O) groups is 1. The second kappa shape index (κ2) is 6.78. The Morgan fingerprint density at radius 2 is 1.90 bits per heavy atom. The maximum atomic E-state index is 12.5. The number of nitrogens with zero attached hydrogens (tertiary/aromatic N) is 1. The summed E-state index contributed by atoms with van der Waals surface area (Å²) in [5.41, 5.74) is 7.71. The van der Waals surface area contributed by atoms with Gasteiger partial charge in [0.1, 0.15) is 0 Å². The van der Waals surface area contributed by atoms with Gasteiger partial charge in [-0.3, -0.25) is 4.79 Å². The van der Waals surface area contributed by atoms with Crippen LogP contribution in [0.25, 0.3) is 0 Å². The summed E-state index contributed by atoms with van der Waals surface area (Å²) in [5.74, 6) is 0.531. The molecule has 0 aliphatic carbocycles. The Hall–Kier alpha value is -1.51. The van der Waals surface area contributed by atoms with E-state index >= 15 is 0 Å². The SMILES string of the molecule is CCN(C(=O)CC(C)CC(C)(C)C)c1ccccc1N. The molecular formula is C17H28N2O. The molecule has 0 aromatic heterocycles. The lowest BCUT2D eigenvalue weighted by Crippen LogP contribution is -2.32. The van der Waals surface area contributed by atoms with Gasteiger partial charge in [-0.1, -0.05) is 39.8 Å². The fraction of sp³-hybridized carbons (Fsp3) is 0.588. The van der Waals surface area contributed by atoms with Gasteiger partial charge >= 0.3 is 0 Å². The number of hydrogen-bond acceptors (Lipinski definition) is 2. The van der Waals surface area contributed by atoms with Gasteiger partial charge in [-0.15, -0.1) is 0 Å². The van der Waals surface area contributed by atoms with Crippen molar-refractivity contribution in [3.63, 3.8) is 0 Å². The van der Waals surface area contributed by atoms with E-state index in [1.807, 2.05) is 31.2 Å². The molecule has 0 radical (unpaired) electrons. The highest BCUT2D eigenvalue weighted by Crippen LogP contribution is 2.28. The summed E-state index contributed by atoms with van der Waals surface area (Å²) in [4.78, 5) is 14.3. The second-order valence-corrected chi connectivity index (χ2v) is 6.77. The molecule has 0 spiro atoms. The molecule has 0 bridgehead atoms. The minimum atomic E-state index is 0.155. The van der Waals surface area contributed by atoms with E-state index in [0.29, 0.717) is 24.6 Å². The predicted molar refractivity (Wildman–Crippen MR) is 86.7 cm³/mol. The molecule has 20 heavy (non-hydrogen) atoms. The van der Waals surface area contributed by atoms with E-state index in [1.165, 1.54) is 0 Å². The van der Waals surface area contributed by atoms with Crippen molar-refractivity contribution in [2.45, 2.75) is 47.5 Å². The number of amides is 1. The molecule has 1 rings (SSSR count). The van der Waals surface area contributed by atoms with Gasteiger partial charge in [0.05, 0.1) is 11.4 Å². The zero-order valence-corrected chi connectivity index (χ0v) is 13.4. The monoisotopic (exact) mass is 276 g/mol. The topological polar surface area (TPSA) is 46.3 Å². The molecule has 1 aromatic rings. The number of nitrogen functional groups attached to an aromatic ring is 1. The normalized spacial score (nSPS) is 13.1. The van der Waals surface area contributed by atoms with Gasteiger partial charge in [0.15, 0.2) is 0 Å². The first kappa shape index (κ1) is 16.5. The van der Waals surface area contributed by atoms with Gasteiger partial charge in [0, 0.05) is 13.0 Å². The number of carbonyl (C=O) groups excluding carboxylic acids is 1. The standard InChI is InChI=1S/C17H28N2O/c1-6-19(15-10-8-7-9-14(15)18)16(20)11-13(2)12-17(3,4)5/h7-10,13H,6,11-12,18H2,1-5H3. The second-order valence-electron chi connectivity index (χ2n) is 6.77. The molecule has 3 nitrogen and oxygen atoms in total. The molecule has 1 atom stereocenters. The van der Waals surface area contributed by atoms with Crippen LogP contribution in [-0.4, -0.2) is 12.5 Å². The van der Waals surface area contributed by atoms with Crippen molar-refractivity contribution < 1.29 is 4.79 Å². The lowest BCUT2D eigenvalue weighted by Gasteiger charge is -2.27. The Morgan fingerprint density at radius 1 is 1.30 bits per heavy atom. The highest BCUT2D eigenvalue weighted by atomic mass is 16.2. The number of anilines is 2. The Morgan fingerprint density at radius 3 is 2.40 bits per heavy atom. The Kier molecular flexibility index (Phi) is 5.61. The van der Waals surface area contributed by atoms with Crippen LogP contribution in [0.5, 0.6) is 0 Å². The third kappa shape index (κ3) is 4.87. The minimum Gasteiger partial charge on any atom is -0.397 e. The number of hydrogen-bond donors (Lipinski definition) is 1. The largest absolute Gasteiger partial charge is 0.397 e. The van der Waals surface area contributed by atoms with Crippen molar-refractivity contribution in [2.75, 3.05) is 17.2 Å². The number of para-hydroxylation sites is 2. The molecular weight excluding hydrogens is 248 g/mol. The summed E-state index contributed by atoms with van der Waals surface area (Å²) in [6.45, 7) is 11.4. The first-order chi connectivity index (χ1) is 9.24. The molecule has 0 saturated heterocycles.